The van der Waals surface area contributed by atoms with Gasteiger partial charge in [0.25, 0.3) is 0 Å². The Labute approximate surface area is 218 Å². The Bertz CT molecular complexity index is 1250. The van der Waals surface area contributed by atoms with E-state index in [0.29, 0.717) is 21.8 Å². The number of hydrogen-bond acceptors (Lipinski definition) is 4. The van der Waals surface area contributed by atoms with Gasteiger partial charge in [0.2, 0.25) is 0 Å². The first-order chi connectivity index (χ1) is 17.4. The van der Waals surface area contributed by atoms with Crippen LogP contribution in [0.15, 0.2) is 66.7 Å². The molecule has 4 nitrogen and oxygen atoms in total. The third-order valence-corrected chi connectivity index (χ3v) is 9.00. The van der Waals surface area contributed by atoms with E-state index in [0.717, 1.165) is 34.9 Å². The highest BCUT2D eigenvalue weighted by Crippen LogP contribution is 2.61. The highest BCUT2D eigenvalue weighted by atomic mass is 35.5. The van der Waals surface area contributed by atoms with Gasteiger partial charge in [-0.3, -0.25) is 0 Å². The largest absolute Gasteiger partial charge is 0.465 e. The zero-order valence-electron chi connectivity index (χ0n) is 20.9. The van der Waals surface area contributed by atoms with Crippen LogP contribution in [0.3, 0.4) is 0 Å². The molecule has 0 atom stereocenters. The molecule has 0 amide bonds. The molecule has 186 valence electrons. The van der Waals surface area contributed by atoms with E-state index >= 15 is 0 Å². The average molecular weight is 502 g/mol. The summed E-state index contributed by atoms with van der Waals surface area (Å²) in [6.45, 7) is 0. The Hall–Kier alpha value is -2.98. The van der Waals surface area contributed by atoms with Gasteiger partial charge in [0.15, 0.2) is 0 Å². The number of para-hydroxylation sites is 1. The fraction of sp³-hybridized carbons (Fsp3) is 0.387. The maximum Gasteiger partial charge on any atom is 0.339 e. The molecule has 4 fully saturated rings. The number of esters is 1. The van der Waals surface area contributed by atoms with Crippen LogP contribution in [0.25, 0.3) is 0 Å². The van der Waals surface area contributed by atoms with E-state index in [9.17, 15) is 4.79 Å². The average Bonchev–Trinajstić information content (AvgIpc) is 2.88. The Morgan fingerprint density at radius 1 is 0.917 bits per heavy atom. The van der Waals surface area contributed by atoms with Gasteiger partial charge >= 0.3 is 5.97 Å². The van der Waals surface area contributed by atoms with Crippen molar-refractivity contribution in [2.45, 2.75) is 43.9 Å². The highest BCUT2D eigenvalue weighted by Gasteiger charge is 2.51. The van der Waals surface area contributed by atoms with Crippen molar-refractivity contribution in [1.29, 1.82) is 0 Å². The third-order valence-electron chi connectivity index (χ3n) is 8.71. The fourth-order valence-electron chi connectivity index (χ4n) is 7.43. The molecule has 0 N–H and O–H groups in total. The smallest absolute Gasteiger partial charge is 0.339 e. The van der Waals surface area contributed by atoms with Crippen molar-refractivity contribution in [2.75, 3.05) is 19.1 Å². The molecular formula is C31H32ClNO3. The molecule has 7 rings (SSSR count). The van der Waals surface area contributed by atoms with Gasteiger partial charge in [0.05, 0.1) is 23.4 Å². The Morgan fingerprint density at radius 3 is 2.17 bits per heavy atom. The number of hydrogen-bond donors (Lipinski definition) is 0. The van der Waals surface area contributed by atoms with E-state index in [1.807, 2.05) is 60.5 Å². The first-order valence-corrected chi connectivity index (χ1v) is 13.3. The lowest BCUT2D eigenvalue weighted by molar-refractivity contribution is -0.00519. The molecule has 0 heterocycles. The lowest BCUT2D eigenvalue weighted by Gasteiger charge is -2.57. The SMILES string of the molecule is COC(=O)c1ccccc1N(C)c1ccc(Oc2ccc(C34CC5CC(CC(C5)C3)C4)cc2Cl)cc1. The molecule has 0 saturated heterocycles. The second-order valence-corrected chi connectivity index (χ2v) is 11.4. The summed E-state index contributed by atoms with van der Waals surface area (Å²) in [5.41, 5.74) is 3.96. The number of ether oxygens (including phenoxy) is 2. The van der Waals surface area contributed by atoms with E-state index in [1.54, 1.807) is 6.07 Å². The molecule has 3 aromatic rings. The first kappa shape index (κ1) is 23.4. The van der Waals surface area contributed by atoms with E-state index < -0.39 is 0 Å². The van der Waals surface area contributed by atoms with Gasteiger partial charge < -0.3 is 14.4 Å². The van der Waals surface area contributed by atoms with E-state index in [-0.39, 0.29) is 5.97 Å². The molecule has 3 aromatic carbocycles. The summed E-state index contributed by atoms with van der Waals surface area (Å²) >= 11 is 6.77. The van der Waals surface area contributed by atoms with Crippen LogP contribution in [-0.4, -0.2) is 20.1 Å². The number of carbonyl (C=O) groups excluding carboxylic acids is 1. The minimum atomic E-state index is -0.357. The number of carbonyl (C=O) groups is 1. The van der Waals surface area contributed by atoms with Gasteiger partial charge in [0, 0.05) is 12.7 Å². The van der Waals surface area contributed by atoms with Gasteiger partial charge in [-0.1, -0.05) is 29.8 Å². The summed E-state index contributed by atoms with van der Waals surface area (Å²) in [7, 11) is 3.32. The Morgan fingerprint density at radius 2 is 1.56 bits per heavy atom. The van der Waals surface area contributed by atoms with Crippen LogP contribution in [0.4, 0.5) is 11.4 Å². The fourth-order valence-corrected chi connectivity index (χ4v) is 7.65. The lowest BCUT2D eigenvalue weighted by atomic mass is 9.48. The summed E-state index contributed by atoms with van der Waals surface area (Å²) in [5, 5.41) is 0.677. The molecule has 4 bridgehead atoms. The van der Waals surface area contributed by atoms with Crippen molar-refractivity contribution < 1.29 is 14.3 Å². The number of methoxy groups -OCH3 is 1. The molecule has 0 aliphatic heterocycles. The standard InChI is InChI=1S/C31H32ClNO3/c1-33(28-6-4-3-5-26(28)30(34)35-2)24-8-10-25(11-9-24)36-29-12-7-23(16-27(29)32)31-17-20-13-21(18-31)15-22(14-20)19-31/h3-12,16,20-22H,13-15,17-19H2,1-2H3. The van der Waals surface area contributed by atoms with E-state index in [1.165, 1.54) is 51.2 Å². The molecule has 0 unspecified atom stereocenters. The lowest BCUT2D eigenvalue weighted by Crippen LogP contribution is -2.48. The number of nitrogens with zero attached hydrogens (tertiary/aromatic N) is 1. The van der Waals surface area contributed by atoms with Crippen molar-refractivity contribution in [3.05, 3.63) is 82.9 Å². The number of halogens is 1. The quantitative estimate of drug-likeness (QED) is 0.319. The summed E-state index contributed by atoms with van der Waals surface area (Å²) < 4.78 is 11.1. The van der Waals surface area contributed by atoms with Crippen molar-refractivity contribution >= 4 is 28.9 Å². The summed E-state index contributed by atoms with van der Waals surface area (Å²) in [6, 6.07) is 21.7. The van der Waals surface area contributed by atoms with Crippen LogP contribution in [0, 0.1) is 17.8 Å². The van der Waals surface area contributed by atoms with Crippen LogP contribution in [0.5, 0.6) is 11.5 Å². The van der Waals surface area contributed by atoms with Crippen molar-refractivity contribution in [3.63, 3.8) is 0 Å². The zero-order valence-corrected chi connectivity index (χ0v) is 21.6. The third kappa shape index (κ3) is 4.16. The molecule has 36 heavy (non-hydrogen) atoms. The normalized spacial score (nSPS) is 26.0. The zero-order chi connectivity index (χ0) is 24.9. The molecule has 5 heteroatoms. The van der Waals surface area contributed by atoms with Crippen LogP contribution in [0.2, 0.25) is 5.02 Å². The number of rotatable bonds is 6. The van der Waals surface area contributed by atoms with Gasteiger partial charge in [0.1, 0.15) is 11.5 Å². The molecule has 4 aliphatic rings. The number of benzene rings is 3. The van der Waals surface area contributed by atoms with E-state index in [2.05, 4.69) is 12.1 Å². The van der Waals surface area contributed by atoms with Crippen LogP contribution in [-0.2, 0) is 10.2 Å². The van der Waals surface area contributed by atoms with Crippen LogP contribution >= 0.6 is 11.6 Å². The molecular weight excluding hydrogens is 470 g/mol. The van der Waals surface area contributed by atoms with Gasteiger partial charge in [-0.25, -0.2) is 4.79 Å². The topological polar surface area (TPSA) is 38.8 Å². The summed E-state index contributed by atoms with van der Waals surface area (Å²) in [6.07, 6.45) is 8.28. The predicted molar refractivity (Wildman–Crippen MR) is 144 cm³/mol. The second-order valence-electron chi connectivity index (χ2n) is 11.0. The van der Waals surface area contributed by atoms with Crippen molar-refractivity contribution in [1.82, 2.24) is 0 Å². The molecule has 0 radical (unpaired) electrons. The monoisotopic (exact) mass is 501 g/mol. The predicted octanol–water partition coefficient (Wildman–Crippen LogP) is 8.15. The summed E-state index contributed by atoms with van der Waals surface area (Å²) in [5.74, 6) is 3.76. The maximum atomic E-state index is 12.2. The maximum absolute atomic E-state index is 12.2. The summed E-state index contributed by atoms with van der Waals surface area (Å²) in [4.78, 5) is 14.1. The Kier molecular flexibility index (Phi) is 5.95. The molecule has 4 saturated carbocycles. The molecule has 4 aliphatic carbocycles. The van der Waals surface area contributed by atoms with Crippen molar-refractivity contribution in [2.24, 2.45) is 17.8 Å². The first-order valence-electron chi connectivity index (χ1n) is 12.9. The van der Waals surface area contributed by atoms with Crippen LogP contribution in [0.1, 0.15) is 54.4 Å². The minimum absolute atomic E-state index is 0.323. The molecule has 0 aromatic heterocycles. The van der Waals surface area contributed by atoms with Crippen LogP contribution < -0.4 is 9.64 Å². The van der Waals surface area contributed by atoms with Gasteiger partial charge in [-0.15, -0.1) is 0 Å². The van der Waals surface area contributed by atoms with Crippen molar-refractivity contribution in [3.8, 4) is 11.5 Å². The molecule has 0 spiro atoms. The second kappa shape index (κ2) is 9.15. The van der Waals surface area contributed by atoms with Gasteiger partial charge in [-0.05, 0) is 116 Å². The Balaban J connectivity index is 1.19. The minimum Gasteiger partial charge on any atom is -0.465 e. The van der Waals surface area contributed by atoms with Gasteiger partial charge in [-0.2, -0.15) is 0 Å². The highest BCUT2D eigenvalue weighted by molar-refractivity contribution is 6.32. The van der Waals surface area contributed by atoms with E-state index in [4.69, 9.17) is 21.1 Å². The number of anilines is 2.